The summed E-state index contributed by atoms with van der Waals surface area (Å²) in [5.41, 5.74) is 3.89. The Hall–Kier alpha value is -1.32. The largest absolute Gasteiger partial charge is 0.367 e. The van der Waals surface area contributed by atoms with Crippen LogP contribution in [-0.2, 0) is 16.9 Å². The second-order valence-electron chi connectivity index (χ2n) is 6.58. The van der Waals surface area contributed by atoms with Gasteiger partial charge in [-0.2, -0.15) is 0 Å². The van der Waals surface area contributed by atoms with Crippen molar-refractivity contribution in [3.05, 3.63) is 35.5 Å². The van der Waals surface area contributed by atoms with Crippen LogP contribution < -0.4 is 5.32 Å². The van der Waals surface area contributed by atoms with Gasteiger partial charge in [-0.3, -0.25) is 0 Å². The molecule has 0 spiro atoms. The van der Waals surface area contributed by atoms with Crippen LogP contribution in [0.1, 0.15) is 38.4 Å². The molecule has 1 aliphatic heterocycles. The molecule has 0 amide bonds. The number of fused-ring (bicyclic) bond motifs is 3. The van der Waals surface area contributed by atoms with Crippen LogP contribution in [0.5, 0.6) is 0 Å². The molecule has 1 unspecified atom stereocenters. The molecule has 1 N–H and O–H groups in total. The Morgan fingerprint density at radius 1 is 1.33 bits per heavy atom. The Kier molecular flexibility index (Phi) is 3.80. The van der Waals surface area contributed by atoms with Crippen molar-refractivity contribution in [2.45, 2.75) is 52.3 Å². The molecule has 0 aliphatic carbocycles. The Labute approximate surface area is 127 Å². The predicted octanol–water partition coefficient (Wildman–Crippen LogP) is 3.58. The summed E-state index contributed by atoms with van der Waals surface area (Å²) >= 11 is 0. The molecular weight excluding hydrogens is 260 g/mol. The highest BCUT2D eigenvalue weighted by Gasteiger charge is 2.36. The first-order valence-corrected chi connectivity index (χ1v) is 7.98. The highest BCUT2D eigenvalue weighted by Crippen LogP contribution is 2.39. The first kappa shape index (κ1) is 14.6. The van der Waals surface area contributed by atoms with Crippen LogP contribution in [0.4, 0.5) is 0 Å². The Morgan fingerprint density at radius 2 is 2.10 bits per heavy atom. The minimum Gasteiger partial charge on any atom is -0.367 e. The van der Waals surface area contributed by atoms with E-state index >= 15 is 0 Å². The van der Waals surface area contributed by atoms with Gasteiger partial charge in [0.15, 0.2) is 0 Å². The second kappa shape index (κ2) is 5.47. The highest BCUT2D eigenvalue weighted by molar-refractivity contribution is 5.85. The van der Waals surface area contributed by atoms with Gasteiger partial charge < -0.3 is 14.6 Å². The van der Waals surface area contributed by atoms with Crippen molar-refractivity contribution >= 4 is 10.9 Å². The molecule has 0 saturated carbocycles. The predicted molar refractivity (Wildman–Crippen MR) is 87.7 cm³/mol. The second-order valence-corrected chi connectivity index (χ2v) is 6.58. The van der Waals surface area contributed by atoms with Crippen molar-refractivity contribution in [1.82, 2.24) is 9.88 Å². The number of ether oxygens (including phenoxy) is 1. The highest BCUT2D eigenvalue weighted by atomic mass is 16.5. The van der Waals surface area contributed by atoms with E-state index in [0.29, 0.717) is 6.04 Å². The van der Waals surface area contributed by atoms with E-state index < -0.39 is 0 Å². The van der Waals surface area contributed by atoms with Gasteiger partial charge in [0, 0.05) is 23.5 Å². The smallest absolute Gasteiger partial charge is 0.107 e. The summed E-state index contributed by atoms with van der Waals surface area (Å²) in [6, 6.07) is 9.22. The van der Waals surface area contributed by atoms with Crippen molar-refractivity contribution in [1.29, 1.82) is 0 Å². The molecule has 1 atom stereocenters. The molecule has 0 bridgehead atoms. The lowest BCUT2D eigenvalue weighted by Crippen LogP contribution is -2.39. The molecular formula is C18H26N2O. The summed E-state index contributed by atoms with van der Waals surface area (Å²) in [7, 11) is 0. The number of hydrogen-bond acceptors (Lipinski definition) is 2. The van der Waals surface area contributed by atoms with E-state index in [1.54, 1.807) is 0 Å². The summed E-state index contributed by atoms with van der Waals surface area (Å²) in [4.78, 5) is 0. The van der Waals surface area contributed by atoms with E-state index in [2.05, 4.69) is 61.8 Å². The number of aromatic nitrogens is 1. The number of aryl methyl sites for hydroxylation is 1. The zero-order valence-corrected chi connectivity index (χ0v) is 13.6. The van der Waals surface area contributed by atoms with Crippen molar-refractivity contribution < 1.29 is 4.74 Å². The maximum absolute atomic E-state index is 6.22. The molecule has 1 aromatic carbocycles. The van der Waals surface area contributed by atoms with Gasteiger partial charge in [-0.15, -0.1) is 0 Å². The topological polar surface area (TPSA) is 26.2 Å². The molecule has 3 nitrogen and oxygen atoms in total. The number of nitrogens with zero attached hydrogens (tertiary/aromatic N) is 1. The molecule has 1 aliphatic rings. The van der Waals surface area contributed by atoms with E-state index in [1.807, 2.05) is 0 Å². The van der Waals surface area contributed by atoms with Crippen LogP contribution in [0, 0.1) is 6.92 Å². The fourth-order valence-electron chi connectivity index (χ4n) is 3.61. The van der Waals surface area contributed by atoms with Crippen LogP contribution >= 0.6 is 0 Å². The first-order chi connectivity index (χ1) is 10.0. The molecule has 3 rings (SSSR count). The number of hydrogen-bond donors (Lipinski definition) is 1. The average Bonchev–Trinajstić information content (AvgIpc) is 2.74. The molecule has 21 heavy (non-hydrogen) atoms. The van der Waals surface area contributed by atoms with Crippen molar-refractivity contribution in [2.75, 3.05) is 13.2 Å². The van der Waals surface area contributed by atoms with E-state index in [0.717, 1.165) is 26.1 Å². The molecule has 0 radical (unpaired) electrons. The van der Waals surface area contributed by atoms with Crippen LogP contribution in [0.25, 0.3) is 10.9 Å². The third-order valence-corrected chi connectivity index (χ3v) is 4.62. The molecule has 114 valence electrons. The van der Waals surface area contributed by atoms with E-state index in [1.165, 1.54) is 22.2 Å². The number of para-hydroxylation sites is 1. The van der Waals surface area contributed by atoms with Crippen LogP contribution in [0.2, 0.25) is 0 Å². The van der Waals surface area contributed by atoms with Gasteiger partial charge in [0.1, 0.15) is 5.60 Å². The summed E-state index contributed by atoms with van der Waals surface area (Å²) in [6.45, 7) is 11.6. The van der Waals surface area contributed by atoms with Gasteiger partial charge in [0.2, 0.25) is 0 Å². The Balaban J connectivity index is 2.01. The number of benzene rings is 1. The van der Waals surface area contributed by atoms with Gasteiger partial charge in [0.05, 0.1) is 12.3 Å². The standard InChI is InChI=1S/C18H26N2O/c1-13(2)19-10-9-18(4)17-14(3)15-7-5-6-8-16(15)20(17)11-12-21-18/h5-8,13,19H,9-12H2,1-4H3. The average molecular weight is 286 g/mol. The molecule has 0 saturated heterocycles. The first-order valence-electron chi connectivity index (χ1n) is 7.98. The fourth-order valence-corrected chi connectivity index (χ4v) is 3.61. The number of rotatable bonds is 4. The lowest BCUT2D eigenvalue weighted by molar-refractivity contribution is -0.0690. The normalized spacial score (nSPS) is 22.0. The van der Waals surface area contributed by atoms with E-state index in [9.17, 15) is 0 Å². The summed E-state index contributed by atoms with van der Waals surface area (Å²) in [5.74, 6) is 0. The lowest BCUT2D eigenvalue weighted by atomic mass is 9.93. The molecule has 1 aromatic heterocycles. The van der Waals surface area contributed by atoms with Gasteiger partial charge in [-0.05, 0) is 38.4 Å². The lowest BCUT2D eigenvalue weighted by Gasteiger charge is -2.37. The minimum absolute atomic E-state index is 0.191. The zero-order chi connectivity index (χ0) is 15.0. The SMILES string of the molecule is Cc1c2n(c3ccccc13)CCOC2(C)CCNC(C)C. The van der Waals surface area contributed by atoms with Crippen LogP contribution in [-0.4, -0.2) is 23.8 Å². The monoisotopic (exact) mass is 286 g/mol. The quantitative estimate of drug-likeness (QED) is 0.929. The van der Waals surface area contributed by atoms with E-state index in [-0.39, 0.29) is 5.60 Å². The van der Waals surface area contributed by atoms with Crippen molar-refractivity contribution in [3.8, 4) is 0 Å². The van der Waals surface area contributed by atoms with E-state index in [4.69, 9.17) is 4.74 Å². The van der Waals surface area contributed by atoms with Gasteiger partial charge in [0.25, 0.3) is 0 Å². The molecule has 2 aromatic rings. The van der Waals surface area contributed by atoms with Gasteiger partial charge in [-0.1, -0.05) is 32.0 Å². The number of nitrogens with one attached hydrogen (secondary N) is 1. The summed E-state index contributed by atoms with van der Waals surface area (Å²) < 4.78 is 8.69. The third kappa shape index (κ3) is 2.49. The minimum atomic E-state index is -0.191. The third-order valence-electron chi connectivity index (χ3n) is 4.62. The molecule has 0 fully saturated rings. The fraction of sp³-hybridized carbons (Fsp3) is 0.556. The van der Waals surface area contributed by atoms with Crippen LogP contribution in [0.3, 0.4) is 0 Å². The zero-order valence-electron chi connectivity index (χ0n) is 13.6. The van der Waals surface area contributed by atoms with Gasteiger partial charge >= 0.3 is 0 Å². The molecule has 2 heterocycles. The van der Waals surface area contributed by atoms with Crippen molar-refractivity contribution in [3.63, 3.8) is 0 Å². The summed E-state index contributed by atoms with van der Waals surface area (Å²) in [5, 5.41) is 4.87. The Morgan fingerprint density at radius 3 is 2.86 bits per heavy atom. The maximum atomic E-state index is 6.22. The van der Waals surface area contributed by atoms with Gasteiger partial charge in [-0.25, -0.2) is 0 Å². The maximum Gasteiger partial charge on any atom is 0.107 e. The molecule has 3 heteroatoms. The summed E-state index contributed by atoms with van der Waals surface area (Å²) in [6.07, 6.45) is 1.00. The van der Waals surface area contributed by atoms with Crippen LogP contribution in [0.15, 0.2) is 24.3 Å². The Bertz CT molecular complexity index is 644. The van der Waals surface area contributed by atoms with Crippen molar-refractivity contribution in [2.24, 2.45) is 0 Å².